The van der Waals surface area contributed by atoms with E-state index in [-0.39, 0.29) is 18.4 Å². The summed E-state index contributed by atoms with van der Waals surface area (Å²) in [5.74, 6) is -3.01. The molecule has 0 aliphatic carbocycles. The summed E-state index contributed by atoms with van der Waals surface area (Å²) in [6, 6.07) is 9.47. The maximum Gasteiger partial charge on any atom is 0.490 e. The Kier molecular flexibility index (Phi) is 7.33. The highest BCUT2D eigenvalue weighted by Crippen LogP contribution is 2.27. The second kappa shape index (κ2) is 10.0. The molecule has 33 heavy (non-hydrogen) atoms. The number of amides is 2. The number of ether oxygens (including phenoxy) is 2. The SMILES string of the molecule is O=C(O)C(F)(F)F.O=C(c1cnc[nH]1)N1CCOCC2(C1)CN(c1ccccc1)C(=O)CO2. The molecular formula is C20H21F3N4O6. The van der Waals surface area contributed by atoms with Gasteiger partial charge in [-0.1, -0.05) is 18.2 Å². The van der Waals surface area contributed by atoms with E-state index in [1.165, 1.54) is 12.5 Å². The lowest BCUT2D eigenvalue weighted by Crippen LogP contribution is -2.61. The maximum atomic E-state index is 12.7. The highest BCUT2D eigenvalue weighted by Gasteiger charge is 2.44. The summed E-state index contributed by atoms with van der Waals surface area (Å²) in [5, 5.41) is 7.12. The van der Waals surface area contributed by atoms with Crippen molar-refractivity contribution < 1.29 is 42.1 Å². The number of morpholine rings is 1. The average Bonchev–Trinajstić information content (AvgIpc) is 3.25. The van der Waals surface area contributed by atoms with Crippen LogP contribution in [0.2, 0.25) is 0 Å². The summed E-state index contributed by atoms with van der Waals surface area (Å²) in [7, 11) is 0. The number of carboxylic acid groups (broad SMARTS) is 1. The number of rotatable bonds is 2. The summed E-state index contributed by atoms with van der Waals surface area (Å²) in [4.78, 5) is 44.1. The molecule has 2 fully saturated rings. The third-order valence-electron chi connectivity index (χ3n) is 4.93. The minimum absolute atomic E-state index is 0.0374. The fourth-order valence-corrected chi connectivity index (χ4v) is 3.36. The average molecular weight is 470 g/mol. The molecule has 2 aromatic rings. The molecule has 2 N–H and O–H groups in total. The Balaban J connectivity index is 0.000000383. The van der Waals surface area contributed by atoms with Gasteiger partial charge in [0.25, 0.3) is 11.8 Å². The topological polar surface area (TPSA) is 125 Å². The van der Waals surface area contributed by atoms with Crippen LogP contribution in [0.1, 0.15) is 10.5 Å². The summed E-state index contributed by atoms with van der Waals surface area (Å²) in [6.45, 7) is 1.86. The van der Waals surface area contributed by atoms with E-state index in [4.69, 9.17) is 19.4 Å². The Morgan fingerprint density at radius 2 is 1.88 bits per heavy atom. The van der Waals surface area contributed by atoms with Crippen LogP contribution in [0.3, 0.4) is 0 Å². The van der Waals surface area contributed by atoms with Crippen LogP contribution in [0.25, 0.3) is 0 Å². The Bertz CT molecular complexity index is 970. The van der Waals surface area contributed by atoms with E-state index >= 15 is 0 Å². The number of H-pyrrole nitrogens is 1. The van der Waals surface area contributed by atoms with Crippen LogP contribution in [0.15, 0.2) is 42.9 Å². The number of para-hydroxylation sites is 1. The number of carboxylic acids is 1. The van der Waals surface area contributed by atoms with E-state index in [2.05, 4.69) is 9.97 Å². The molecule has 2 saturated heterocycles. The van der Waals surface area contributed by atoms with E-state index < -0.39 is 17.7 Å². The van der Waals surface area contributed by atoms with Gasteiger partial charge in [-0.3, -0.25) is 9.59 Å². The molecule has 0 bridgehead atoms. The Labute approximate surface area is 185 Å². The first-order chi connectivity index (χ1) is 15.6. The van der Waals surface area contributed by atoms with Crippen LogP contribution in [0, 0.1) is 0 Å². The van der Waals surface area contributed by atoms with Gasteiger partial charge in [0.15, 0.2) is 0 Å². The number of aromatic nitrogens is 2. The molecule has 0 saturated carbocycles. The van der Waals surface area contributed by atoms with Crippen LogP contribution in [-0.2, 0) is 19.1 Å². The maximum absolute atomic E-state index is 12.7. The second-order valence-corrected chi connectivity index (χ2v) is 7.33. The van der Waals surface area contributed by atoms with Crippen molar-refractivity contribution in [2.24, 2.45) is 0 Å². The second-order valence-electron chi connectivity index (χ2n) is 7.33. The fraction of sp³-hybridized carbons (Fsp3) is 0.400. The number of nitrogens with one attached hydrogen (secondary N) is 1. The van der Waals surface area contributed by atoms with Crippen molar-refractivity contribution in [2.75, 3.05) is 44.4 Å². The van der Waals surface area contributed by atoms with Crippen LogP contribution < -0.4 is 4.90 Å². The zero-order valence-electron chi connectivity index (χ0n) is 17.2. The molecule has 4 rings (SSSR count). The number of alkyl halides is 3. The van der Waals surface area contributed by atoms with E-state index in [0.717, 1.165) is 5.69 Å². The van der Waals surface area contributed by atoms with Crippen molar-refractivity contribution in [3.63, 3.8) is 0 Å². The highest BCUT2D eigenvalue weighted by atomic mass is 19.4. The van der Waals surface area contributed by atoms with E-state index in [1.807, 2.05) is 30.3 Å². The van der Waals surface area contributed by atoms with E-state index in [0.29, 0.717) is 38.5 Å². The summed E-state index contributed by atoms with van der Waals surface area (Å²) >= 11 is 0. The molecule has 1 atom stereocenters. The monoisotopic (exact) mass is 470 g/mol. The van der Waals surface area contributed by atoms with Crippen molar-refractivity contribution in [2.45, 2.75) is 11.8 Å². The molecule has 3 heterocycles. The number of carbonyl (C=O) groups is 3. The molecule has 2 aliphatic heterocycles. The molecule has 178 valence electrons. The minimum atomic E-state index is -5.08. The molecule has 13 heteroatoms. The molecule has 0 radical (unpaired) electrons. The first-order valence-corrected chi connectivity index (χ1v) is 9.76. The van der Waals surface area contributed by atoms with Gasteiger partial charge in [-0.2, -0.15) is 13.2 Å². The van der Waals surface area contributed by atoms with Gasteiger partial charge >= 0.3 is 12.1 Å². The molecule has 2 amide bonds. The molecule has 10 nitrogen and oxygen atoms in total. The predicted octanol–water partition coefficient (Wildman–Crippen LogP) is 1.32. The van der Waals surface area contributed by atoms with Crippen molar-refractivity contribution >= 4 is 23.5 Å². The standard InChI is InChI=1S/C18H20N4O4.C2HF3O2/c23-16-9-26-18(11-22(16)14-4-2-1-3-5-14)10-21(6-7-25-12-18)17(24)15-8-19-13-20-15;3-2(4,5)1(6)7/h1-5,8,13H,6-7,9-12H2,(H,19,20);(H,6,7). The lowest BCUT2D eigenvalue weighted by Gasteiger charge is -2.42. The lowest BCUT2D eigenvalue weighted by molar-refractivity contribution is -0.192. The molecule has 1 spiro atoms. The fourth-order valence-electron chi connectivity index (χ4n) is 3.36. The van der Waals surface area contributed by atoms with E-state index in [9.17, 15) is 22.8 Å². The summed E-state index contributed by atoms with van der Waals surface area (Å²) in [6.07, 6.45) is -2.10. The number of anilines is 1. The normalized spacial score (nSPS) is 21.2. The quantitative estimate of drug-likeness (QED) is 0.678. The van der Waals surface area contributed by atoms with Crippen LogP contribution >= 0.6 is 0 Å². The Hall–Kier alpha value is -3.45. The smallest absolute Gasteiger partial charge is 0.475 e. The number of halogens is 3. The van der Waals surface area contributed by atoms with Gasteiger partial charge < -0.3 is 29.4 Å². The number of aromatic amines is 1. The largest absolute Gasteiger partial charge is 0.490 e. The molecule has 1 aromatic carbocycles. The van der Waals surface area contributed by atoms with Gasteiger partial charge in [-0.05, 0) is 12.1 Å². The molecule has 1 unspecified atom stereocenters. The highest BCUT2D eigenvalue weighted by molar-refractivity contribution is 5.95. The Morgan fingerprint density at radius 1 is 1.18 bits per heavy atom. The van der Waals surface area contributed by atoms with E-state index in [1.54, 1.807) is 9.80 Å². The summed E-state index contributed by atoms with van der Waals surface area (Å²) < 4.78 is 43.4. The van der Waals surface area contributed by atoms with Crippen LogP contribution in [-0.4, -0.2) is 89.0 Å². The number of carbonyl (C=O) groups excluding carboxylic acids is 2. The minimum Gasteiger partial charge on any atom is -0.475 e. The van der Waals surface area contributed by atoms with Gasteiger partial charge in [0, 0.05) is 12.2 Å². The number of hydrogen-bond acceptors (Lipinski definition) is 6. The third-order valence-corrected chi connectivity index (χ3v) is 4.93. The Morgan fingerprint density at radius 3 is 2.48 bits per heavy atom. The number of benzene rings is 1. The summed E-state index contributed by atoms with van der Waals surface area (Å²) in [5.41, 5.74) is 0.486. The van der Waals surface area contributed by atoms with Crippen molar-refractivity contribution in [1.82, 2.24) is 14.9 Å². The van der Waals surface area contributed by atoms with Crippen molar-refractivity contribution in [1.29, 1.82) is 0 Å². The lowest BCUT2D eigenvalue weighted by atomic mass is 10.0. The number of nitrogens with zero attached hydrogens (tertiary/aromatic N) is 3. The number of hydrogen-bond donors (Lipinski definition) is 2. The van der Waals surface area contributed by atoms with Gasteiger partial charge in [0.1, 0.15) is 17.9 Å². The molecule has 1 aromatic heterocycles. The first-order valence-electron chi connectivity index (χ1n) is 9.76. The van der Waals surface area contributed by atoms with Gasteiger partial charge in [-0.25, -0.2) is 9.78 Å². The van der Waals surface area contributed by atoms with Gasteiger partial charge in [0.2, 0.25) is 0 Å². The van der Waals surface area contributed by atoms with Crippen molar-refractivity contribution in [3.8, 4) is 0 Å². The number of aliphatic carboxylic acids is 1. The van der Waals surface area contributed by atoms with Gasteiger partial charge in [-0.15, -0.1) is 0 Å². The number of imidazole rings is 1. The van der Waals surface area contributed by atoms with Crippen LogP contribution in [0.5, 0.6) is 0 Å². The first kappa shape index (κ1) is 24.2. The zero-order valence-corrected chi connectivity index (χ0v) is 17.2. The molecule has 2 aliphatic rings. The van der Waals surface area contributed by atoms with Gasteiger partial charge in [0.05, 0.1) is 38.8 Å². The third kappa shape index (κ3) is 6.08. The zero-order chi connectivity index (χ0) is 24.1. The van der Waals surface area contributed by atoms with Crippen LogP contribution in [0.4, 0.5) is 18.9 Å². The van der Waals surface area contributed by atoms with Crippen molar-refractivity contribution in [3.05, 3.63) is 48.5 Å². The molecular weight excluding hydrogens is 449 g/mol. The predicted molar refractivity (Wildman–Crippen MR) is 106 cm³/mol.